The van der Waals surface area contributed by atoms with Crippen LogP contribution in [0.3, 0.4) is 0 Å². The van der Waals surface area contributed by atoms with Crippen molar-refractivity contribution in [3.8, 4) is 5.75 Å². The number of hydrogen-bond donors (Lipinski definition) is 1. The summed E-state index contributed by atoms with van der Waals surface area (Å²) >= 11 is 17.7. The predicted molar refractivity (Wildman–Crippen MR) is 126 cm³/mol. The Morgan fingerprint density at radius 1 is 1.07 bits per heavy atom. The van der Waals surface area contributed by atoms with Gasteiger partial charge in [-0.25, -0.2) is 0 Å². The molecular weight excluding hydrogens is 425 g/mol. The molecule has 0 spiro atoms. The maximum atomic E-state index is 6.51. The fraction of sp³-hybridized carbons (Fsp3) is 0.500. The number of ether oxygens (including phenoxy) is 1. The van der Waals surface area contributed by atoms with Crippen molar-refractivity contribution in [2.24, 2.45) is 0 Å². The summed E-state index contributed by atoms with van der Waals surface area (Å²) in [5, 5.41) is 0. The Balaban J connectivity index is 1.90. The molecule has 0 aromatic heterocycles. The van der Waals surface area contributed by atoms with E-state index in [1.54, 1.807) is 0 Å². The van der Waals surface area contributed by atoms with Crippen molar-refractivity contribution in [1.82, 2.24) is 0 Å². The van der Waals surface area contributed by atoms with Crippen LogP contribution in [0.1, 0.15) is 78.3 Å². The topological polar surface area (TPSA) is 35.2 Å². The van der Waals surface area contributed by atoms with Gasteiger partial charge in [-0.1, -0.05) is 72.9 Å². The summed E-state index contributed by atoms with van der Waals surface area (Å²) in [4.78, 5) is 0. The molecule has 2 aromatic rings. The van der Waals surface area contributed by atoms with Crippen LogP contribution in [0.2, 0.25) is 0 Å². The van der Waals surface area contributed by atoms with Gasteiger partial charge in [-0.2, -0.15) is 0 Å². The number of hydrogen-bond acceptors (Lipinski definition) is 2. The summed E-state index contributed by atoms with van der Waals surface area (Å²) in [7, 11) is 0. The Bertz CT molecular complexity index is 869. The van der Waals surface area contributed by atoms with Gasteiger partial charge < -0.3 is 10.5 Å². The number of benzene rings is 2. The molecule has 3 rings (SSSR count). The Kier molecular flexibility index (Phi) is 6.98. The molecular formula is C24H30Cl3NO. The molecule has 1 unspecified atom stereocenters. The second-order valence-corrected chi connectivity index (χ2v) is 10.9. The Labute approximate surface area is 189 Å². The monoisotopic (exact) mass is 453 g/mol. The molecule has 1 heterocycles. The van der Waals surface area contributed by atoms with E-state index < -0.39 is 3.79 Å². The van der Waals surface area contributed by atoms with Crippen molar-refractivity contribution in [3.05, 3.63) is 57.6 Å². The standard InChI is InChI=1S/C24H30Cl3NO/c1-14(2)17-8-10-18(11-9-17)20-13-29-23-19(7-5-6-12-24(25,26)27)15(3)22(28)16(4)21(20)23/h8-11,14,20H,5-7,12-13,28H2,1-4H3. The lowest BCUT2D eigenvalue weighted by molar-refractivity contribution is 0.339. The lowest BCUT2D eigenvalue weighted by Gasteiger charge is -2.19. The van der Waals surface area contributed by atoms with Gasteiger partial charge in [-0.3, -0.25) is 0 Å². The van der Waals surface area contributed by atoms with Gasteiger partial charge in [0.1, 0.15) is 5.75 Å². The molecule has 2 aromatic carbocycles. The zero-order chi connectivity index (χ0) is 21.3. The minimum Gasteiger partial charge on any atom is -0.492 e. The molecule has 2 N–H and O–H groups in total. The number of rotatable bonds is 6. The lowest BCUT2D eigenvalue weighted by atomic mass is 9.85. The quantitative estimate of drug-likeness (QED) is 0.277. The highest BCUT2D eigenvalue weighted by atomic mass is 35.6. The SMILES string of the molecule is Cc1c(N)c(C)c2c(c1CCCCC(Cl)(Cl)Cl)OCC2c1ccc(C(C)C)cc1. The first kappa shape index (κ1) is 22.6. The fourth-order valence-electron chi connectivity index (χ4n) is 4.23. The van der Waals surface area contributed by atoms with Crippen molar-refractivity contribution in [2.75, 3.05) is 12.3 Å². The Hall–Kier alpha value is -1.09. The van der Waals surface area contributed by atoms with Crippen LogP contribution >= 0.6 is 34.8 Å². The van der Waals surface area contributed by atoms with Gasteiger partial charge in [0.05, 0.1) is 6.61 Å². The van der Waals surface area contributed by atoms with E-state index in [2.05, 4.69) is 52.0 Å². The first-order chi connectivity index (χ1) is 13.6. The molecule has 1 atom stereocenters. The molecule has 0 saturated carbocycles. The molecule has 2 nitrogen and oxygen atoms in total. The summed E-state index contributed by atoms with van der Waals surface area (Å²) < 4.78 is 5.07. The van der Waals surface area contributed by atoms with Crippen molar-refractivity contribution >= 4 is 40.5 Å². The third-order valence-corrected chi connectivity index (χ3v) is 6.64. The molecule has 0 fully saturated rings. The second-order valence-electron chi connectivity index (χ2n) is 8.39. The van der Waals surface area contributed by atoms with E-state index in [-0.39, 0.29) is 5.92 Å². The predicted octanol–water partition coefficient (Wildman–Crippen LogP) is 7.62. The number of unbranched alkanes of at least 4 members (excludes halogenated alkanes) is 1. The summed E-state index contributed by atoms with van der Waals surface area (Å²) in [5.74, 6) is 1.76. The Morgan fingerprint density at radius 3 is 2.31 bits per heavy atom. The first-order valence-electron chi connectivity index (χ1n) is 10.3. The highest BCUT2D eigenvalue weighted by Crippen LogP contribution is 2.47. The largest absolute Gasteiger partial charge is 0.492 e. The first-order valence-corrected chi connectivity index (χ1v) is 11.4. The molecule has 5 heteroatoms. The summed E-state index contributed by atoms with van der Waals surface area (Å²) in [5.41, 5.74) is 14.7. The smallest absolute Gasteiger partial charge is 0.190 e. The summed E-state index contributed by atoms with van der Waals surface area (Å²) in [6, 6.07) is 8.91. The van der Waals surface area contributed by atoms with Gasteiger partial charge in [0, 0.05) is 17.2 Å². The number of alkyl halides is 3. The van der Waals surface area contributed by atoms with Crippen LogP contribution in [0.4, 0.5) is 5.69 Å². The van der Waals surface area contributed by atoms with Crippen LogP contribution in [0.25, 0.3) is 0 Å². The minimum absolute atomic E-state index is 0.217. The molecule has 0 amide bonds. The molecule has 0 saturated heterocycles. The normalized spacial score (nSPS) is 16.2. The molecule has 1 aliphatic rings. The van der Waals surface area contributed by atoms with Crippen LogP contribution in [0.5, 0.6) is 5.75 Å². The van der Waals surface area contributed by atoms with Gasteiger partial charge in [0.15, 0.2) is 3.79 Å². The highest BCUT2D eigenvalue weighted by molar-refractivity contribution is 6.67. The van der Waals surface area contributed by atoms with Gasteiger partial charge in [0.2, 0.25) is 0 Å². The molecule has 1 aliphatic heterocycles. The van der Waals surface area contributed by atoms with Crippen LogP contribution in [-0.4, -0.2) is 10.4 Å². The van der Waals surface area contributed by atoms with E-state index in [1.807, 2.05) is 0 Å². The average molecular weight is 455 g/mol. The van der Waals surface area contributed by atoms with Gasteiger partial charge in [0.25, 0.3) is 0 Å². The van der Waals surface area contributed by atoms with Crippen molar-refractivity contribution in [1.29, 1.82) is 0 Å². The van der Waals surface area contributed by atoms with E-state index in [0.717, 1.165) is 41.8 Å². The average Bonchev–Trinajstić information content (AvgIpc) is 3.09. The van der Waals surface area contributed by atoms with Crippen molar-refractivity contribution in [3.63, 3.8) is 0 Å². The molecule has 0 bridgehead atoms. The maximum Gasteiger partial charge on any atom is 0.190 e. The molecule has 0 aliphatic carbocycles. The highest BCUT2D eigenvalue weighted by Gasteiger charge is 2.32. The van der Waals surface area contributed by atoms with Crippen molar-refractivity contribution < 1.29 is 4.74 Å². The minimum atomic E-state index is -1.19. The maximum absolute atomic E-state index is 6.51. The fourth-order valence-corrected chi connectivity index (χ4v) is 4.63. The third-order valence-electron chi connectivity index (χ3n) is 6.07. The van der Waals surface area contributed by atoms with Crippen LogP contribution in [-0.2, 0) is 6.42 Å². The Morgan fingerprint density at radius 2 is 1.72 bits per heavy atom. The number of fused-ring (bicyclic) bond motifs is 1. The summed E-state index contributed by atoms with van der Waals surface area (Å²) in [6.07, 6.45) is 3.20. The number of halogens is 3. The number of anilines is 1. The van der Waals surface area contributed by atoms with Gasteiger partial charge in [-0.05, 0) is 73.3 Å². The van der Waals surface area contributed by atoms with E-state index in [9.17, 15) is 0 Å². The second kappa shape index (κ2) is 8.96. The van der Waals surface area contributed by atoms with Crippen LogP contribution in [0, 0.1) is 13.8 Å². The zero-order valence-electron chi connectivity index (χ0n) is 17.6. The van der Waals surface area contributed by atoms with E-state index in [0.29, 0.717) is 18.9 Å². The van der Waals surface area contributed by atoms with E-state index >= 15 is 0 Å². The molecule has 0 radical (unpaired) electrons. The number of nitrogens with two attached hydrogens (primary N) is 1. The number of nitrogen functional groups attached to an aromatic ring is 1. The molecule has 158 valence electrons. The van der Waals surface area contributed by atoms with E-state index in [1.165, 1.54) is 22.3 Å². The lowest BCUT2D eigenvalue weighted by Crippen LogP contribution is -2.07. The molecule has 29 heavy (non-hydrogen) atoms. The van der Waals surface area contributed by atoms with Crippen LogP contribution < -0.4 is 10.5 Å². The third kappa shape index (κ3) is 4.98. The van der Waals surface area contributed by atoms with E-state index in [4.69, 9.17) is 45.3 Å². The summed E-state index contributed by atoms with van der Waals surface area (Å²) in [6.45, 7) is 9.28. The van der Waals surface area contributed by atoms with Crippen molar-refractivity contribution in [2.45, 2.75) is 69.0 Å². The zero-order valence-corrected chi connectivity index (χ0v) is 19.9. The van der Waals surface area contributed by atoms with Gasteiger partial charge in [-0.15, -0.1) is 0 Å². The van der Waals surface area contributed by atoms with Crippen LogP contribution in [0.15, 0.2) is 24.3 Å². The van der Waals surface area contributed by atoms with Gasteiger partial charge >= 0.3 is 0 Å².